The lowest BCUT2D eigenvalue weighted by Gasteiger charge is -2.08. The molecule has 7 heteroatoms. The second-order valence-electron chi connectivity index (χ2n) is 6.09. The number of hydrogen-bond acceptors (Lipinski definition) is 4. The van der Waals surface area contributed by atoms with Crippen LogP contribution in [0.15, 0.2) is 42.5 Å². The lowest BCUT2D eigenvalue weighted by Crippen LogP contribution is -2.21. The van der Waals surface area contributed by atoms with Gasteiger partial charge in [-0.3, -0.25) is 14.4 Å². The van der Waals surface area contributed by atoms with Crippen molar-refractivity contribution in [1.29, 1.82) is 0 Å². The molecule has 2 aromatic carbocycles. The zero-order chi connectivity index (χ0) is 19.8. The zero-order valence-corrected chi connectivity index (χ0v) is 15.9. The molecule has 142 valence electrons. The summed E-state index contributed by atoms with van der Waals surface area (Å²) in [7, 11) is 0. The van der Waals surface area contributed by atoms with Crippen molar-refractivity contribution in [3.63, 3.8) is 0 Å². The van der Waals surface area contributed by atoms with Gasteiger partial charge in [-0.1, -0.05) is 29.8 Å². The summed E-state index contributed by atoms with van der Waals surface area (Å²) in [4.78, 5) is 35.4. The van der Waals surface area contributed by atoms with Gasteiger partial charge in [0, 0.05) is 22.8 Å². The molecule has 6 nitrogen and oxygen atoms in total. The average molecular weight is 389 g/mol. The van der Waals surface area contributed by atoms with E-state index in [1.807, 2.05) is 26.0 Å². The van der Waals surface area contributed by atoms with Gasteiger partial charge in [0.1, 0.15) is 0 Å². The third-order valence-corrected chi connectivity index (χ3v) is 4.09. The second-order valence-corrected chi connectivity index (χ2v) is 6.50. The van der Waals surface area contributed by atoms with Crippen molar-refractivity contribution in [2.75, 3.05) is 17.2 Å². The highest BCUT2D eigenvalue weighted by molar-refractivity contribution is 6.31. The zero-order valence-electron chi connectivity index (χ0n) is 15.2. The Morgan fingerprint density at radius 2 is 1.63 bits per heavy atom. The van der Waals surface area contributed by atoms with Crippen molar-refractivity contribution in [3.05, 3.63) is 58.6 Å². The minimum Gasteiger partial charge on any atom is -0.456 e. The minimum absolute atomic E-state index is 0.0518. The van der Waals surface area contributed by atoms with Crippen molar-refractivity contribution >= 4 is 40.8 Å². The first-order valence-corrected chi connectivity index (χ1v) is 8.79. The van der Waals surface area contributed by atoms with E-state index < -0.39 is 18.5 Å². The number of carbonyl (C=O) groups is 3. The smallest absolute Gasteiger partial charge is 0.306 e. The fourth-order valence-corrected chi connectivity index (χ4v) is 2.43. The van der Waals surface area contributed by atoms with Gasteiger partial charge in [0.25, 0.3) is 5.91 Å². The number of esters is 1. The van der Waals surface area contributed by atoms with Crippen molar-refractivity contribution in [2.45, 2.75) is 26.7 Å². The van der Waals surface area contributed by atoms with Gasteiger partial charge in [0.15, 0.2) is 6.61 Å². The molecule has 0 bridgehead atoms. The molecule has 2 amide bonds. The Kier molecular flexibility index (Phi) is 7.37. The van der Waals surface area contributed by atoms with Crippen LogP contribution >= 0.6 is 11.6 Å². The molecule has 0 spiro atoms. The normalized spacial score (nSPS) is 10.2. The van der Waals surface area contributed by atoms with Gasteiger partial charge < -0.3 is 15.4 Å². The van der Waals surface area contributed by atoms with E-state index in [1.54, 1.807) is 30.3 Å². The summed E-state index contributed by atoms with van der Waals surface area (Å²) in [6.07, 6.45) is -0.174. The number of nitrogens with one attached hydrogen (secondary N) is 2. The molecule has 2 N–H and O–H groups in total. The minimum atomic E-state index is -0.619. The van der Waals surface area contributed by atoms with Crippen LogP contribution in [0.2, 0.25) is 5.02 Å². The number of hydrogen-bond donors (Lipinski definition) is 2. The summed E-state index contributed by atoms with van der Waals surface area (Å²) >= 11 is 6.00. The van der Waals surface area contributed by atoms with E-state index in [0.717, 1.165) is 11.1 Å². The third-order valence-electron chi connectivity index (χ3n) is 3.68. The summed E-state index contributed by atoms with van der Waals surface area (Å²) in [5.41, 5.74) is 3.10. The van der Waals surface area contributed by atoms with Gasteiger partial charge in [0.05, 0.1) is 6.42 Å². The molecule has 0 heterocycles. The van der Waals surface area contributed by atoms with E-state index in [-0.39, 0.29) is 18.7 Å². The summed E-state index contributed by atoms with van der Waals surface area (Å²) in [5, 5.41) is 5.84. The van der Waals surface area contributed by atoms with Crippen molar-refractivity contribution in [2.24, 2.45) is 0 Å². The van der Waals surface area contributed by atoms with Crippen LogP contribution in [0.4, 0.5) is 11.4 Å². The number of halogens is 1. The van der Waals surface area contributed by atoms with Gasteiger partial charge in [0.2, 0.25) is 5.91 Å². The fourth-order valence-electron chi connectivity index (χ4n) is 2.25. The SMILES string of the molecule is Cc1cccc(NC(=O)COC(=O)CCC(=O)Nc2ccc(C)c(Cl)c2)c1. The topological polar surface area (TPSA) is 84.5 Å². The van der Waals surface area contributed by atoms with Crippen LogP contribution in [0.5, 0.6) is 0 Å². The summed E-state index contributed by atoms with van der Waals surface area (Å²) in [6, 6.07) is 12.4. The van der Waals surface area contributed by atoms with Crippen molar-refractivity contribution < 1.29 is 19.1 Å². The lowest BCUT2D eigenvalue weighted by molar-refractivity contribution is -0.147. The summed E-state index contributed by atoms with van der Waals surface area (Å²) in [6.45, 7) is 3.37. The quantitative estimate of drug-likeness (QED) is 0.705. The predicted molar refractivity (Wildman–Crippen MR) is 105 cm³/mol. The lowest BCUT2D eigenvalue weighted by atomic mass is 10.2. The highest BCUT2D eigenvalue weighted by atomic mass is 35.5. The maximum atomic E-state index is 11.9. The first-order valence-electron chi connectivity index (χ1n) is 8.41. The molecular weight excluding hydrogens is 368 g/mol. The van der Waals surface area contributed by atoms with Gasteiger partial charge in [-0.05, 0) is 49.2 Å². The van der Waals surface area contributed by atoms with Crippen LogP contribution in [0, 0.1) is 13.8 Å². The van der Waals surface area contributed by atoms with E-state index >= 15 is 0 Å². The highest BCUT2D eigenvalue weighted by Crippen LogP contribution is 2.20. The predicted octanol–water partition coefficient (Wildman–Crippen LogP) is 3.86. The molecular formula is C20H21ClN2O4. The standard InChI is InChI=1S/C20H21ClN2O4/c1-13-4-3-5-15(10-13)23-19(25)12-27-20(26)9-8-18(24)22-16-7-6-14(2)17(21)11-16/h3-7,10-11H,8-9,12H2,1-2H3,(H,22,24)(H,23,25). The van der Waals surface area contributed by atoms with Crippen LogP contribution in [0.3, 0.4) is 0 Å². The van der Waals surface area contributed by atoms with Gasteiger partial charge in [-0.25, -0.2) is 0 Å². The number of ether oxygens (including phenoxy) is 1. The number of anilines is 2. The summed E-state index contributed by atoms with van der Waals surface area (Å²) < 4.78 is 4.89. The molecule has 0 aliphatic rings. The van der Waals surface area contributed by atoms with Crippen LogP contribution in [-0.2, 0) is 19.1 Å². The summed E-state index contributed by atoms with van der Waals surface area (Å²) in [5.74, 6) is -1.39. The Morgan fingerprint density at radius 1 is 0.926 bits per heavy atom. The second kappa shape index (κ2) is 9.73. The molecule has 2 rings (SSSR count). The number of amides is 2. The molecule has 27 heavy (non-hydrogen) atoms. The maximum absolute atomic E-state index is 11.9. The van der Waals surface area contributed by atoms with E-state index in [4.69, 9.17) is 16.3 Å². The molecule has 0 atom stereocenters. The number of benzene rings is 2. The van der Waals surface area contributed by atoms with Crippen molar-refractivity contribution in [1.82, 2.24) is 0 Å². The highest BCUT2D eigenvalue weighted by Gasteiger charge is 2.11. The Hall–Kier alpha value is -2.86. The first-order chi connectivity index (χ1) is 12.8. The van der Waals surface area contributed by atoms with Gasteiger partial charge >= 0.3 is 5.97 Å². The number of rotatable bonds is 7. The van der Waals surface area contributed by atoms with Crippen LogP contribution < -0.4 is 10.6 Å². The van der Waals surface area contributed by atoms with Crippen LogP contribution in [-0.4, -0.2) is 24.4 Å². The van der Waals surface area contributed by atoms with Gasteiger partial charge in [-0.2, -0.15) is 0 Å². The first kappa shape index (κ1) is 20.5. The van der Waals surface area contributed by atoms with E-state index in [9.17, 15) is 14.4 Å². The average Bonchev–Trinajstić information content (AvgIpc) is 2.61. The van der Waals surface area contributed by atoms with E-state index in [0.29, 0.717) is 16.4 Å². The molecule has 0 saturated carbocycles. The molecule has 0 aliphatic carbocycles. The van der Waals surface area contributed by atoms with Gasteiger partial charge in [-0.15, -0.1) is 0 Å². The molecule has 0 aromatic heterocycles. The number of carbonyl (C=O) groups excluding carboxylic acids is 3. The largest absolute Gasteiger partial charge is 0.456 e. The molecule has 2 aromatic rings. The Morgan fingerprint density at radius 3 is 2.33 bits per heavy atom. The van der Waals surface area contributed by atoms with Crippen LogP contribution in [0.25, 0.3) is 0 Å². The van der Waals surface area contributed by atoms with Crippen LogP contribution in [0.1, 0.15) is 24.0 Å². The Bertz CT molecular complexity index is 852. The maximum Gasteiger partial charge on any atom is 0.306 e. The Balaban J connectivity index is 1.69. The molecule has 0 radical (unpaired) electrons. The Labute approximate surface area is 162 Å². The molecule has 0 saturated heterocycles. The monoisotopic (exact) mass is 388 g/mol. The fraction of sp³-hybridized carbons (Fsp3) is 0.250. The third kappa shape index (κ3) is 7.11. The number of aryl methyl sites for hydroxylation is 2. The van der Waals surface area contributed by atoms with E-state index in [2.05, 4.69) is 10.6 Å². The molecule has 0 aliphatic heterocycles. The molecule has 0 fully saturated rings. The molecule has 0 unspecified atom stereocenters. The van der Waals surface area contributed by atoms with E-state index in [1.165, 1.54) is 0 Å². The van der Waals surface area contributed by atoms with Crippen molar-refractivity contribution in [3.8, 4) is 0 Å².